The molecular formula is C17H28O2. The molecule has 0 aromatic carbocycles. The smallest absolute Gasteiger partial charge is 0.333 e. The summed E-state index contributed by atoms with van der Waals surface area (Å²) in [6, 6.07) is 0. The molecule has 0 spiro atoms. The molecule has 0 aliphatic heterocycles. The highest BCUT2D eigenvalue weighted by molar-refractivity contribution is 5.87. The second kappa shape index (κ2) is 4.64. The van der Waals surface area contributed by atoms with E-state index in [1.807, 2.05) is 0 Å². The maximum atomic E-state index is 11.9. The third-order valence-electron chi connectivity index (χ3n) is 5.73. The van der Waals surface area contributed by atoms with Crippen LogP contribution in [0, 0.1) is 23.2 Å². The van der Waals surface area contributed by atoms with Crippen molar-refractivity contribution in [3.8, 4) is 0 Å². The number of rotatable bonds is 3. The number of fused-ring (bicyclic) bond motifs is 2. The van der Waals surface area contributed by atoms with Gasteiger partial charge in [-0.05, 0) is 64.2 Å². The van der Waals surface area contributed by atoms with Crippen LogP contribution in [-0.4, -0.2) is 11.6 Å². The molecule has 0 saturated heterocycles. The summed E-state index contributed by atoms with van der Waals surface area (Å²) >= 11 is 0. The lowest BCUT2D eigenvalue weighted by Crippen LogP contribution is -2.47. The molecule has 0 N–H and O–H groups in total. The van der Waals surface area contributed by atoms with Crippen molar-refractivity contribution in [2.75, 3.05) is 0 Å². The first-order valence-corrected chi connectivity index (χ1v) is 7.54. The maximum Gasteiger partial charge on any atom is 0.333 e. The van der Waals surface area contributed by atoms with Gasteiger partial charge in [-0.3, -0.25) is 0 Å². The second-order valence-corrected chi connectivity index (χ2v) is 7.68. The third-order valence-corrected chi connectivity index (χ3v) is 5.73. The van der Waals surface area contributed by atoms with Gasteiger partial charge in [-0.15, -0.1) is 0 Å². The minimum atomic E-state index is -0.410. The van der Waals surface area contributed by atoms with Gasteiger partial charge in [0.1, 0.15) is 5.60 Å². The van der Waals surface area contributed by atoms with E-state index in [0.717, 1.165) is 11.8 Å². The number of hydrogen-bond donors (Lipinski definition) is 0. The van der Waals surface area contributed by atoms with E-state index < -0.39 is 5.60 Å². The van der Waals surface area contributed by atoms with E-state index in [4.69, 9.17) is 4.74 Å². The van der Waals surface area contributed by atoms with Crippen molar-refractivity contribution in [3.05, 3.63) is 12.2 Å². The van der Waals surface area contributed by atoms with E-state index in [-0.39, 0.29) is 11.4 Å². The van der Waals surface area contributed by atoms with Gasteiger partial charge in [0.2, 0.25) is 0 Å². The topological polar surface area (TPSA) is 26.3 Å². The Hall–Kier alpha value is -0.790. The quantitative estimate of drug-likeness (QED) is 0.559. The standard InChI is InChI=1S/C17H28O2/c1-11(2)15(18)19-16(4,5)17(6)10-13-7-12(3)8-14(17)9-13/h12-14H,1,7-10H2,2-6H3. The summed E-state index contributed by atoms with van der Waals surface area (Å²) in [5.41, 5.74) is 0.186. The van der Waals surface area contributed by atoms with Crippen molar-refractivity contribution in [2.45, 2.75) is 65.9 Å². The lowest BCUT2D eigenvalue weighted by molar-refractivity contribution is -0.168. The number of esters is 1. The van der Waals surface area contributed by atoms with Crippen LogP contribution < -0.4 is 0 Å². The Bertz CT molecular complexity index is 396. The van der Waals surface area contributed by atoms with Crippen LogP contribution in [0.2, 0.25) is 0 Å². The first kappa shape index (κ1) is 14.6. The monoisotopic (exact) mass is 264 g/mol. The fraction of sp³-hybridized carbons (Fsp3) is 0.824. The number of carbonyl (C=O) groups excluding carboxylic acids is 1. The van der Waals surface area contributed by atoms with Crippen LogP contribution in [0.15, 0.2) is 12.2 Å². The van der Waals surface area contributed by atoms with Gasteiger partial charge in [-0.25, -0.2) is 4.79 Å². The maximum absolute atomic E-state index is 11.9. The minimum Gasteiger partial charge on any atom is -0.456 e. The zero-order valence-electron chi connectivity index (χ0n) is 13.1. The van der Waals surface area contributed by atoms with E-state index >= 15 is 0 Å². The van der Waals surface area contributed by atoms with Crippen molar-refractivity contribution >= 4 is 5.97 Å². The van der Waals surface area contributed by atoms with Gasteiger partial charge in [-0.2, -0.15) is 0 Å². The van der Waals surface area contributed by atoms with E-state index in [1.54, 1.807) is 6.92 Å². The summed E-state index contributed by atoms with van der Waals surface area (Å²) in [5, 5.41) is 0. The first-order chi connectivity index (χ1) is 8.65. The van der Waals surface area contributed by atoms with Crippen LogP contribution in [0.25, 0.3) is 0 Å². The van der Waals surface area contributed by atoms with Gasteiger partial charge in [-0.1, -0.05) is 20.4 Å². The average Bonchev–Trinajstić information content (AvgIpc) is 2.50. The number of carbonyl (C=O) groups is 1. The molecule has 0 amide bonds. The summed E-state index contributed by atoms with van der Waals surface area (Å²) < 4.78 is 5.79. The Morgan fingerprint density at radius 1 is 1.32 bits per heavy atom. The molecular weight excluding hydrogens is 236 g/mol. The van der Waals surface area contributed by atoms with Gasteiger partial charge >= 0.3 is 5.97 Å². The fourth-order valence-corrected chi connectivity index (χ4v) is 4.37. The Labute approximate surface area is 117 Å². The second-order valence-electron chi connectivity index (χ2n) is 7.68. The Kier molecular flexibility index (Phi) is 3.57. The van der Waals surface area contributed by atoms with Gasteiger partial charge < -0.3 is 4.74 Å². The Morgan fingerprint density at radius 3 is 2.53 bits per heavy atom. The van der Waals surface area contributed by atoms with Gasteiger partial charge in [0, 0.05) is 11.0 Å². The molecule has 2 nitrogen and oxygen atoms in total. The molecule has 2 aliphatic rings. The van der Waals surface area contributed by atoms with Crippen molar-refractivity contribution in [3.63, 3.8) is 0 Å². The average molecular weight is 264 g/mol. The number of ether oxygens (including phenoxy) is 1. The molecule has 0 radical (unpaired) electrons. The summed E-state index contributed by atoms with van der Waals surface area (Å²) in [4.78, 5) is 11.9. The molecule has 108 valence electrons. The van der Waals surface area contributed by atoms with Gasteiger partial charge in [0.15, 0.2) is 0 Å². The summed E-state index contributed by atoms with van der Waals surface area (Å²) in [6.45, 7) is 14.3. The molecule has 19 heavy (non-hydrogen) atoms. The third kappa shape index (κ3) is 2.46. The molecule has 2 rings (SSSR count). The molecule has 2 aliphatic carbocycles. The van der Waals surface area contributed by atoms with Crippen molar-refractivity contribution in [1.29, 1.82) is 0 Å². The van der Waals surface area contributed by atoms with Crippen molar-refractivity contribution in [2.24, 2.45) is 23.2 Å². The van der Waals surface area contributed by atoms with Crippen molar-refractivity contribution in [1.82, 2.24) is 0 Å². The van der Waals surface area contributed by atoms with E-state index in [2.05, 4.69) is 34.3 Å². The van der Waals surface area contributed by atoms with Crippen LogP contribution >= 0.6 is 0 Å². The largest absolute Gasteiger partial charge is 0.456 e. The lowest BCUT2D eigenvalue weighted by atomic mass is 9.66. The highest BCUT2D eigenvalue weighted by atomic mass is 16.6. The van der Waals surface area contributed by atoms with Crippen LogP contribution in [-0.2, 0) is 9.53 Å². The summed E-state index contributed by atoms with van der Waals surface area (Å²) in [7, 11) is 0. The predicted octanol–water partition coefficient (Wildman–Crippen LogP) is 4.35. The molecule has 4 unspecified atom stereocenters. The molecule has 2 heteroatoms. The zero-order valence-corrected chi connectivity index (χ0v) is 13.1. The Morgan fingerprint density at radius 2 is 1.95 bits per heavy atom. The van der Waals surface area contributed by atoms with E-state index in [0.29, 0.717) is 11.5 Å². The minimum absolute atomic E-state index is 0.105. The van der Waals surface area contributed by atoms with Gasteiger partial charge in [0.25, 0.3) is 0 Å². The van der Waals surface area contributed by atoms with Gasteiger partial charge in [0.05, 0.1) is 0 Å². The number of hydrogen-bond acceptors (Lipinski definition) is 2. The fourth-order valence-electron chi connectivity index (χ4n) is 4.37. The molecule has 2 bridgehead atoms. The molecule has 2 saturated carbocycles. The highest BCUT2D eigenvalue weighted by Gasteiger charge is 2.56. The predicted molar refractivity (Wildman–Crippen MR) is 77.7 cm³/mol. The zero-order chi connectivity index (χ0) is 14.4. The Balaban J connectivity index is 2.19. The highest BCUT2D eigenvalue weighted by Crippen LogP contribution is 2.60. The van der Waals surface area contributed by atoms with E-state index in [1.165, 1.54) is 25.7 Å². The molecule has 2 fully saturated rings. The SMILES string of the molecule is C=C(C)C(=O)OC(C)(C)C1(C)CC2CC(C)CC1C2. The van der Waals surface area contributed by atoms with Crippen LogP contribution in [0.3, 0.4) is 0 Å². The van der Waals surface area contributed by atoms with E-state index in [9.17, 15) is 4.79 Å². The van der Waals surface area contributed by atoms with Crippen LogP contribution in [0.5, 0.6) is 0 Å². The first-order valence-electron chi connectivity index (χ1n) is 7.54. The summed E-state index contributed by atoms with van der Waals surface area (Å²) in [5.74, 6) is 2.08. The molecule has 0 aromatic rings. The van der Waals surface area contributed by atoms with Crippen molar-refractivity contribution < 1.29 is 9.53 Å². The summed E-state index contributed by atoms with van der Waals surface area (Å²) in [6.07, 6.45) is 5.13. The molecule has 0 aromatic heterocycles. The normalized spacial score (nSPS) is 38.1. The van der Waals surface area contributed by atoms with Crippen LogP contribution in [0.1, 0.15) is 60.3 Å². The van der Waals surface area contributed by atoms with Crippen LogP contribution in [0.4, 0.5) is 0 Å². The molecule has 4 atom stereocenters. The molecule has 0 heterocycles. The lowest BCUT2D eigenvalue weighted by Gasteiger charge is -2.45.